The molecular formula is C15H19ClN4O3. The molecule has 2 unspecified atom stereocenters. The lowest BCUT2D eigenvalue weighted by molar-refractivity contribution is 0.183. The molecule has 0 bridgehead atoms. The van der Waals surface area contributed by atoms with Crippen LogP contribution in [-0.4, -0.2) is 33.9 Å². The molecule has 0 fully saturated rings. The molecule has 23 heavy (non-hydrogen) atoms. The van der Waals surface area contributed by atoms with E-state index >= 15 is 0 Å². The smallest absolute Gasteiger partial charge is 0.315 e. The minimum atomic E-state index is -0.453. The predicted molar refractivity (Wildman–Crippen MR) is 86.0 cm³/mol. The summed E-state index contributed by atoms with van der Waals surface area (Å²) in [5.74, 6) is 0.737. The van der Waals surface area contributed by atoms with Crippen LogP contribution in [0.2, 0.25) is 5.02 Å². The Balaban J connectivity index is 1.91. The molecule has 124 valence electrons. The maximum Gasteiger partial charge on any atom is 0.315 e. The van der Waals surface area contributed by atoms with E-state index in [4.69, 9.17) is 21.2 Å². The number of carbonyl (C=O) groups excluding carboxylic acids is 1. The number of amides is 2. The van der Waals surface area contributed by atoms with Crippen molar-refractivity contribution in [1.29, 1.82) is 0 Å². The maximum absolute atomic E-state index is 11.7. The van der Waals surface area contributed by atoms with Crippen LogP contribution in [-0.2, 0) is 0 Å². The zero-order chi connectivity index (χ0) is 16.8. The predicted octanol–water partition coefficient (Wildman–Crippen LogP) is 2.52. The van der Waals surface area contributed by atoms with Crippen LogP contribution >= 0.6 is 11.6 Å². The quantitative estimate of drug-likeness (QED) is 0.751. The number of aliphatic hydroxyl groups excluding tert-OH is 1. The van der Waals surface area contributed by atoms with Crippen molar-refractivity contribution in [3.05, 3.63) is 35.2 Å². The van der Waals surface area contributed by atoms with Gasteiger partial charge in [0.1, 0.15) is 6.04 Å². The van der Waals surface area contributed by atoms with E-state index in [1.165, 1.54) is 0 Å². The normalized spacial score (nSPS) is 13.4. The topological polar surface area (TPSA) is 100 Å². The second-order valence-electron chi connectivity index (χ2n) is 5.22. The van der Waals surface area contributed by atoms with Crippen LogP contribution in [0.1, 0.15) is 32.2 Å². The Bertz CT molecular complexity index is 642. The van der Waals surface area contributed by atoms with E-state index in [1.807, 2.05) is 0 Å². The molecule has 1 aromatic carbocycles. The second kappa shape index (κ2) is 7.94. The van der Waals surface area contributed by atoms with Crippen LogP contribution in [0.25, 0.3) is 11.4 Å². The number of hydrogen-bond donors (Lipinski definition) is 3. The van der Waals surface area contributed by atoms with Crippen molar-refractivity contribution in [2.24, 2.45) is 0 Å². The van der Waals surface area contributed by atoms with E-state index in [0.717, 1.165) is 5.56 Å². The number of rotatable bonds is 6. The van der Waals surface area contributed by atoms with E-state index in [9.17, 15) is 4.79 Å². The molecule has 0 aliphatic carbocycles. The van der Waals surface area contributed by atoms with Gasteiger partial charge in [0.15, 0.2) is 0 Å². The van der Waals surface area contributed by atoms with E-state index in [1.54, 1.807) is 38.1 Å². The molecule has 2 amide bonds. The number of carbonyl (C=O) groups is 1. The number of hydrogen-bond acceptors (Lipinski definition) is 5. The van der Waals surface area contributed by atoms with Gasteiger partial charge < -0.3 is 20.3 Å². The van der Waals surface area contributed by atoms with Crippen molar-refractivity contribution < 1.29 is 14.4 Å². The largest absolute Gasteiger partial charge is 0.393 e. The van der Waals surface area contributed by atoms with Crippen LogP contribution in [0.15, 0.2) is 28.8 Å². The van der Waals surface area contributed by atoms with E-state index in [0.29, 0.717) is 29.7 Å². The lowest BCUT2D eigenvalue weighted by Gasteiger charge is -2.11. The molecule has 0 radical (unpaired) electrons. The van der Waals surface area contributed by atoms with Crippen LogP contribution < -0.4 is 10.6 Å². The van der Waals surface area contributed by atoms with Crippen molar-refractivity contribution in [1.82, 2.24) is 20.8 Å². The van der Waals surface area contributed by atoms with Crippen molar-refractivity contribution in [3.63, 3.8) is 0 Å². The van der Waals surface area contributed by atoms with Gasteiger partial charge in [0.25, 0.3) is 0 Å². The number of nitrogens with one attached hydrogen (secondary N) is 2. The average Bonchev–Trinajstić information content (AvgIpc) is 2.97. The van der Waals surface area contributed by atoms with Gasteiger partial charge in [0.2, 0.25) is 11.7 Å². The SMILES string of the molecule is CC(O)CCNC(=O)NC(C)c1nc(-c2ccc(Cl)cc2)no1. The number of benzene rings is 1. The highest BCUT2D eigenvalue weighted by Gasteiger charge is 2.17. The van der Waals surface area contributed by atoms with Gasteiger partial charge in [0.05, 0.1) is 6.10 Å². The zero-order valence-corrected chi connectivity index (χ0v) is 13.7. The highest BCUT2D eigenvalue weighted by atomic mass is 35.5. The molecular weight excluding hydrogens is 320 g/mol. The highest BCUT2D eigenvalue weighted by molar-refractivity contribution is 6.30. The Kier molecular flexibility index (Phi) is 5.95. The Morgan fingerprint density at radius 2 is 2.04 bits per heavy atom. The van der Waals surface area contributed by atoms with Gasteiger partial charge in [-0.25, -0.2) is 4.79 Å². The fraction of sp³-hybridized carbons (Fsp3) is 0.400. The average molecular weight is 339 g/mol. The van der Waals surface area contributed by atoms with Crippen molar-refractivity contribution >= 4 is 17.6 Å². The number of aliphatic hydroxyl groups is 1. The number of halogens is 1. The fourth-order valence-corrected chi connectivity index (χ4v) is 1.96. The third-order valence-corrected chi connectivity index (χ3v) is 3.36. The molecule has 2 aromatic rings. The molecule has 8 heteroatoms. The summed E-state index contributed by atoms with van der Waals surface area (Å²) in [6.45, 7) is 3.79. The standard InChI is InChI=1S/C15H19ClN4O3/c1-9(21)7-8-17-15(22)18-10(2)14-19-13(20-23-14)11-3-5-12(16)6-4-11/h3-6,9-10,21H,7-8H2,1-2H3,(H2,17,18,22). The Labute approximate surface area is 139 Å². The molecule has 1 heterocycles. The van der Waals surface area contributed by atoms with Gasteiger partial charge in [-0.2, -0.15) is 4.98 Å². The second-order valence-corrected chi connectivity index (χ2v) is 5.66. The first kappa shape index (κ1) is 17.2. The summed E-state index contributed by atoms with van der Waals surface area (Å²) >= 11 is 5.84. The first-order valence-corrected chi connectivity index (χ1v) is 7.65. The van der Waals surface area contributed by atoms with Crippen LogP contribution in [0.5, 0.6) is 0 Å². The Hall–Kier alpha value is -2.12. The lowest BCUT2D eigenvalue weighted by Crippen LogP contribution is -2.38. The Morgan fingerprint density at radius 3 is 2.70 bits per heavy atom. The first-order chi connectivity index (χ1) is 11.0. The molecule has 2 rings (SSSR count). The third-order valence-electron chi connectivity index (χ3n) is 3.11. The first-order valence-electron chi connectivity index (χ1n) is 7.27. The third kappa shape index (κ3) is 5.22. The van der Waals surface area contributed by atoms with Gasteiger partial charge in [-0.05, 0) is 44.5 Å². The van der Waals surface area contributed by atoms with Crippen molar-refractivity contribution in [3.8, 4) is 11.4 Å². The van der Waals surface area contributed by atoms with Crippen molar-refractivity contribution in [2.45, 2.75) is 32.4 Å². The van der Waals surface area contributed by atoms with Gasteiger partial charge in [-0.3, -0.25) is 0 Å². The molecule has 0 aliphatic rings. The summed E-state index contributed by atoms with van der Waals surface area (Å²) in [5.41, 5.74) is 0.776. The number of nitrogens with zero attached hydrogens (tertiary/aromatic N) is 2. The van der Waals surface area contributed by atoms with Crippen molar-refractivity contribution in [2.75, 3.05) is 6.54 Å². The fourth-order valence-electron chi connectivity index (χ4n) is 1.83. The summed E-state index contributed by atoms with van der Waals surface area (Å²) in [6, 6.07) is 6.27. The maximum atomic E-state index is 11.7. The van der Waals surface area contributed by atoms with Gasteiger partial charge in [-0.1, -0.05) is 16.8 Å². The minimum absolute atomic E-state index is 0.306. The molecule has 0 aliphatic heterocycles. The molecule has 3 N–H and O–H groups in total. The molecule has 7 nitrogen and oxygen atoms in total. The summed E-state index contributed by atoms with van der Waals surface area (Å²) in [7, 11) is 0. The zero-order valence-electron chi connectivity index (χ0n) is 12.9. The number of urea groups is 1. The van der Waals surface area contributed by atoms with Gasteiger partial charge >= 0.3 is 6.03 Å². The summed E-state index contributed by atoms with van der Waals surface area (Å²) in [4.78, 5) is 16.0. The summed E-state index contributed by atoms with van der Waals surface area (Å²) < 4.78 is 5.18. The van der Waals surface area contributed by atoms with E-state index in [-0.39, 0.29) is 6.03 Å². The van der Waals surface area contributed by atoms with Crippen LogP contribution in [0.4, 0.5) is 4.79 Å². The van der Waals surface area contributed by atoms with E-state index in [2.05, 4.69) is 20.8 Å². The molecule has 0 spiro atoms. The van der Waals surface area contributed by atoms with Gasteiger partial charge in [0, 0.05) is 17.1 Å². The Morgan fingerprint density at radius 1 is 1.35 bits per heavy atom. The lowest BCUT2D eigenvalue weighted by atomic mass is 10.2. The van der Waals surface area contributed by atoms with Crippen LogP contribution in [0, 0.1) is 0 Å². The van der Waals surface area contributed by atoms with Crippen LogP contribution in [0.3, 0.4) is 0 Å². The highest BCUT2D eigenvalue weighted by Crippen LogP contribution is 2.20. The molecule has 2 atom stereocenters. The van der Waals surface area contributed by atoms with E-state index < -0.39 is 12.1 Å². The van der Waals surface area contributed by atoms with Gasteiger partial charge in [-0.15, -0.1) is 0 Å². The molecule has 0 saturated carbocycles. The monoisotopic (exact) mass is 338 g/mol. The molecule has 1 aromatic heterocycles. The summed E-state index contributed by atoms with van der Waals surface area (Å²) in [6.07, 6.45) is 0.0360. The molecule has 0 saturated heterocycles. The minimum Gasteiger partial charge on any atom is -0.393 e. The number of aromatic nitrogens is 2. The summed E-state index contributed by atoms with van der Waals surface area (Å²) in [5, 5.41) is 19.0.